The number of para-hydroxylation sites is 1. The van der Waals surface area contributed by atoms with Gasteiger partial charge in [0, 0.05) is 37.9 Å². The van der Waals surface area contributed by atoms with Crippen LogP contribution in [0.2, 0.25) is 0 Å². The van der Waals surface area contributed by atoms with Crippen LogP contribution in [0.15, 0.2) is 52.8 Å². The van der Waals surface area contributed by atoms with Crippen molar-refractivity contribution in [2.24, 2.45) is 4.99 Å². The number of nitrogens with zero attached hydrogens (tertiary/aromatic N) is 2. The number of hydrogen-bond donors (Lipinski definition) is 1. The molecule has 0 radical (unpaired) electrons. The normalized spacial score (nSPS) is 16.4. The van der Waals surface area contributed by atoms with Crippen molar-refractivity contribution in [3.05, 3.63) is 52.7 Å². The second kappa shape index (κ2) is 8.02. The number of benzene rings is 1. The Hall–Kier alpha value is -2.01. The first-order valence-corrected chi connectivity index (χ1v) is 8.93. The van der Waals surface area contributed by atoms with Gasteiger partial charge in [-0.25, -0.2) is 0 Å². The predicted octanol–water partition coefficient (Wildman–Crippen LogP) is 3.37. The van der Waals surface area contributed by atoms with Gasteiger partial charge in [0.1, 0.15) is 11.9 Å². The number of thiophene rings is 1. The molecule has 1 N–H and O–H groups in total. The molecule has 4 nitrogen and oxygen atoms in total. The fourth-order valence-electron chi connectivity index (χ4n) is 2.79. The zero-order valence-electron chi connectivity index (χ0n) is 13.4. The van der Waals surface area contributed by atoms with Crippen LogP contribution in [0.4, 0.5) is 0 Å². The monoisotopic (exact) mass is 329 g/mol. The molecule has 1 aliphatic rings. The first-order valence-electron chi connectivity index (χ1n) is 8.05. The Balaban J connectivity index is 1.47. The molecule has 1 aliphatic heterocycles. The van der Waals surface area contributed by atoms with Gasteiger partial charge in [-0.15, -0.1) is 11.3 Å². The van der Waals surface area contributed by atoms with Crippen LogP contribution in [0.1, 0.15) is 17.7 Å². The Morgan fingerprint density at radius 3 is 2.65 bits per heavy atom. The van der Waals surface area contributed by atoms with E-state index in [1.165, 1.54) is 4.88 Å². The highest BCUT2D eigenvalue weighted by atomic mass is 32.1. The van der Waals surface area contributed by atoms with Crippen LogP contribution in [0, 0.1) is 0 Å². The fourth-order valence-corrected chi connectivity index (χ4v) is 3.43. The average molecular weight is 329 g/mol. The standard InChI is InChI=1S/C18H23N3OS/c1-19-18(20-14-17-8-5-13-23-17)21-11-9-16(10-12-21)22-15-6-3-2-4-7-15/h2-8,13,16H,9-12,14H2,1H3,(H,19,20). The maximum absolute atomic E-state index is 6.05. The Labute approximate surface area is 141 Å². The fraction of sp³-hybridized carbons (Fsp3) is 0.389. The topological polar surface area (TPSA) is 36.9 Å². The van der Waals surface area contributed by atoms with Crippen molar-refractivity contribution < 1.29 is 4.74 Å². The third-order valence-corrected chi connectivity index (χ3v) is 4.88. The largest absolute Gasteiger partial charge is 0.490 e. The molecule has 23 heavy (non-hydrogen) atoms. The lowest BCUT2D eigenvalue weighted by atomic mass is 10.1. The maximum Gasteiger partial charge on any atom is 0.193 e. The van der Waals surface area contributed by atoms with E-state index in [1.807, 2.05) is 37.4 Å². The molecule has 2 aromatic rings. The highest BCUT2D eigenvalue weighted by Gasteiger charge is 2.22. The predicted molar refractivity (Wildman–Crippen MR) is 96.2 cm³/mol. The molecule has 1 fully saturated rings. The van der Waals surface area contributed by atoms with Crippen molar-refractivity contribution in [1.82, 2.24) is 10.2 Å². The first-order chi connectivity index (χ1) is 11.3. The molecular weight excluding hydrogens is 306 g/mol. The summed E-state index contributed by atoms with van der Waals surface area (Å²) in [5, 5.41) is 5.55. The Morgan fingerprint density at radius 1 is 1.22 bits per heavy atom. The van der Waals surface area contributed by atoms with E-state index in [0.717, 1.165) is 44.2 Å². The van der Waals surface area contributed by atoms with Crippen molar-refractivity contribution in [3.63, 3.8) is 0 Å². The van der Waals surface area contributed by atoms with E-state index >= 15 is 0 Å². The smallest absolute Gasteiger partial charge is 0.193 e. The van der Waals surface area contributed by atoms with Gasteiger partial charge in [-0.1, -0.05) is 24.3 Å². The van der Waals surface area contributed by atoms with Gasteiger partial charge < -0.3 is 15.0 Å². The van der Waals surface area contributed by atoms with Crippen LogP contribution in [-0.2, 0) is 6.54 Å². The summed E-state index contributed by atoms with van der Waals surface area (Å²) in [6, 6.07) is 14.3. The Kier molecular flexibility index (Phi) is 5.53. The van der Waals surface area contributed by atoms with Gasteiger partial charge in [0.2, 0.25) is 0 Å². The summed E-state index contributed by atoms with van der Waals surface area (Å²) in [6.45, 7) is 2.79. The molecule has 0 aliphatic carbocycles. The maximum atomic E-state index is 6.05. The number of rotatable bonds is 4. The summed E-state index contributed by atoms with van der Waals surface area (Å²) in [5.74, 6) is 1.95. The quantitative estimate of drug-likeness (QED) is 0.690. The molecule has 122 valence electrons. The van der Waals surface area contributed by atoms with Crippen LogP contribution in [0.25, 0.3) is 0 Å². The second-order valence-electron chi connectivity index (χ2n) is 5.60. The molecule has 0 unspecified atom stereocenters. The molecule has 1 aromatic heterocycles. The third-order valence-electron chi connectivity index (χ3n) is 4.00. The lowest BCUT2D eigenvalue weighted by Crippen LogP contribution is -2.47. The molecule has 0 spiro atoms. The summed E-state index contributed by atoms with van der Waals surface area (Å²) >= 11 is 1.77. The van der Waals surface area contributed by atoms with E-state index in [0.29, 0.717) is 6.10 Å². The number of ether oxygens (including phenoxy) is 1. The molecule has 0 amide bonds. The summed E-state index contributed by atoms with van der Waals surface area (Å²) in [4.78, 5) is 8.06. The number of piperidine rings is 1. The van der Waals surface area contributed by atoms with E-state index in [1.54, 1.807) is 11.3 Å². The zero-order chi connectivity index (χ0) is 15.9. The van der Waals surface area contributed by atoms with Gasteiger partial charge in [-0.05, 0) is 23.6 Å². The van der Waals surface area contributed by atoms with E-state index in [4.69, 9.17) is 4.74 Å². The molecule has 3 rings (SSSR count). The Bertz CT molecular complexity index is 604. The summed E-state index contributed by atoms with van der Waals surface area (Å²) in [5.41, 5.74) is 0. The van der Waals surface area contributed by atoms with E-state index in [9.17, 15) is 0 Å². The lowest BCUT2D eigenvalue weighted by molar-refractivity contribution is 0.129. The molecule has 5 heteroatoms. The summed E-state index contributed by atoms with van der Waals surface area (Å²) < 4.78 is 6.05. The number of likely N-dealkylation sites (tertiary alicyclic amines) is 1. The van der Waals surface area contributed by atoms with Crippen LogP contribution in [0.5, 0.6) is 5.75 Å². The molecule has 1 aromatic carbocycles. The summed E-state index contributed by atoms with van der Waals surface area (Å²) in [6.07, 6.45) is 2.34. The van der Waals surface area contributed by atoms with Crippen LogP contribution < -0.4 is 10.1 Å². The SMILES string of the molecule is CN=C(NCc1cccs1)N1CCC(Oc2ccccc2)CC1. The molecule has 2 heterocycles. The van der Waals surface area contributed by atoms with E-state index < -0.39 is 0 Å². The van der Waals surface area contributed by atoms with Gasteiger partial charge in [0.25, 0.3) is 0 Å². The van der Waals surface area contributed by atoms with Crippen molar-refractivity contribution in [1.29, 1.82) is 0 Å². The summed E-state index contributed by atoms with van der Waals surface area (Å²) in [7, 11) is 1.85. The average Bonchev–Trinajstić information content (AvgIpc) is 3.11. The van der Waals surface area contributed by atoms with Gasteiger partial charge in [-0.2, -0.15) is 0 Å². The minimum absolute atomic E-state index is 0.295. The van der Waals surface area contributed by atoms with Gasteiger partial charge in [0.05, 0.1) is 6.54 Å². The van der Waals surface area contributed by atoms with E-state index in [-0.39, 0.29) is 0 Å². The molecule has 1 saturated heterocycles. The van der Waals surface area contributed by atoms with Crippen molar-refractivity contribution in [3.8, 4) is 5.75 Å². The van der Waals surface area contributed by atoms with Gasteiger partial charge >= 0.3 is 0 Å². The first kappa shape index (κ1) is 15.9. The third kappa shape index (κ3) is 4.48. The highest BCUT2D eigenvalue weighted by molar-refractivity contribution is 7.09. The second-order valence-corrected chi connectivity index (χ2v) is 6.63. The van der Waals surface area contributed by atoms with Gasteiger partial charge in [0.15, 0.2) is 5.96 Å². The zero-order valence-corrected chi connectivity index (χ0v) is 14.3. The molecular formula is C18H23N3OS. The minimum Gasteiger partial charge on any atom is -0.490 e. The van der Waals surface area contributed by atoms with Crippen molar-refractivity contribution in [2.45, 2.75) is 25.5 Å². The molecule has 0 saturated carbocycles. The van der Waals surface area contributed by atoms with Crippen molar-refractivity contribution in [2.75, 3.05) is 20.1 Å². The minimum atomic E-state index is 0.295. The molecule has 0 bridgehead atoms. The van der Waals surface area contributed by atoms with E-state index in [2.05, 4.69) is 32.7 Å². The number of nitrogens with one attached hydrogen (secondary N) is 1. The van der Waals surface area contributed by atoms with Crippen molar-refractivity contribution >= 4 is 17.3 Å². The van der Waals surface area contributed by atoms with Crippen LogP contribution in [-0.4, -0.2) is 37.1 Å². The number of guanidine groups is 1. The number of aliphatic imine (C=N–C) groups is 1. The highest BCUT2D eigenvalue weighted by Crippen LogP contribution is 2.18. The molecule has 0 atom stereocenters. The lowest BCUT2D eigenvalue weighted by Gasteiger charge is -2.34. The Morgan fingerprint density at radius 2 is 2.00 bits per heavy atom. The number of hydrogen-bond acceptors (Lipinski definition) is 3. The van der Waals surface area contributed by atoms with Gasteiger partial charge in [-0.3, -0.25) is 4.99 Å². The van der Waals surface area contributed by atoms with Crippen LogP contribution in [0.3, 0.4) is 0 Å². The van der Waals surface area contributed by atoms with Crippen LogP contribution >= 0.6 is 11.3 Å².